The van der Waals surface area contributed by atoms with E-state index in [1.807, 2.05) is 38.1 Å². The predicted octanol–water partition coefficient (Wildman–Crippen LogP) is 8.10. The van der Waals surface area contributed by atoms with E-state index >= 15 is 0 Å². The average Bonchev–Trinajstić information content (AvgIpc) is 3.13. The fraction of sp³-hybridized carbons (Fsp3) is 0.296. The van der Waals surface area contributed by atoms with Crippen molar-refractivity contribution in [1.29, 1.82) is 0 Å². The molecule has 4 rings (SSSR count). The number of carbonyl (C=O) groups excluding carboxylic acids is 1. The number of alkyl halides is 3. The summed E-state index contributed by atoms with van der Waals surface area (Å²) in [5.74, 6) is 0.127. The second-order valence-corrected chi connectivity index (χ2v) is 9.97. The minimum atomic E-state index is -4.52. The summed E-state index contributed by atoms with van der Waals surface area (Å²) in [6.07, 6.45) is -4.52. The molecule has 0 radical (unpaired) electrons. The lowest BCUT2D eigenvalue weighted by Crippen LogP contribution is -2.30. The number of halogens is 5. The van der Waals surface area contributed by atoms with E-state index in [0.717, 1.165) is 23.8 Å². The van der Waals surface area contributed by atoms with Crippen LogP contribution in [0.25, 0.3) is 0 Å². The van der Waals surface area contributed by atoms with Gasteiger partial charge >= 0.3 is 11.9 Å². The van der Waals surface area contributed by atoms with Gasteiger partial charge in [0.25, 0.3) is 5.91 Å². The summed E-state index contributed by atoms with van der Waals surface area (Å²) < 4.78 is 48.4. The lowest BCUT2D eigenvalue weighted by atomic mass is 9.95. The molecule has 0 bridgehead atoms. The van der Waals surface area contributed by atoms with E-state index in [1.54, 1.807) is 6.92 Å². The molecule has 1 amide bonds. The van der Waals surface area contributed by atoms with Crippen molar-refractivity contribution in [3.63, 3.8) is 0 Å². The Morgan fingerprint density at radius 2 is 1.75 bits per heavy atom. The fourth-order valence-electron chi connectivity index (χ4n) is 3.46. The summed E-state index contributed by atoms with van der Waals surface area (Å²) in [5, 5.41) is 12.7. The highest BCUT2D eigenvalue weighted by atomic mass is 35.5. The Kier molecular flexibility index (Phi) is 9.88. The van der Waals surface area contributed by atoms with Crippen molar-refractivity contribution in [2.75, 3.05) is 13.2 Å². The van der Waals surface area contributed by atoms with Crippen LogP contribution in [0.15, 0.2) is 60.7 Å². The molecule has 1 fully saturated rings. The van der Waals surface area contributed by atoms with E-state index in [0.29, 0.717) is 18.2 Å². The zero-order chi connectivity index (χ0) is 29.7. The Hall–Kier alpha value is -3.54. The van der Waals surface area contributed by atoms with Crippen LogP contribution in [0.1, 0.15) is 31.9 Å². The fourth-order valence-corrected chi connectivity index (χ4v) is 3.88. The molecule has 0 saturated carbocycles. The van der Waals surface area contributed by atoms with Crippen LogP contribution in [0.2, 0.25) is 10.0 Å². The minimum Gasteiger partial charge on any atom is -0.487 e. The molecule has 40 heavy (non-hydrogen) atoms. The van der Waals surface area contributed by atoms with Gasteiger partial charge in [-0.3, -0.25) is 19.7 Å². The molecule has 1 saturated heterocycles. The molecular weight excluding hydrogens is 576 g/mol. The third kappa shape index (κ3) is 7.77. The quantitative estimate of drug-likeness (QED) is 0.201. The van der Waals surface area contributed by atoms with Crippen LogP contribution in [0.4, 0.5) is 18.9 Å². The number of nitro groups is 1. The molecule has 0 N–H and O–H groups in total. The van der Waals surface area contributed by atoms with Crippen molar-refractivity contribution >= 4 is 34.8 Å². The Bertz CT molecular complexity index is 1380. The van der Waals surface area contributed by atoms with E-state index < -0.39 is 22.1 Å². The van der Waals surface area contributed by atoms with Gasteiger partial charge in [-0.05, 0) is 56.7 Å². The number of hydrogen-bond acceptors (Lipinski definition) is 6. The van der Waals surface area contributed by atoms with Crippen molar-refractivity contribution in [1.82, 2.24) is 5.06 Å². The summed E-state index contributed by atoms with van der Waals surface area (Å²) >= 11 is 11.8. The first-order chi connectivity index (χ1) is 18.7. The SMILES string of the molecule is CC1(C)CON(Cc2ccccc2Cl)C1=O.CCOc1cc(Oc2ccc(C(F)(F)F)cc2Cl)ccc1[N+](=O)[O-]. The molecule has 1 aliphatic heterocycles. The van der Waals surface area contributed by atoms with Crippen molar-refractivity contribution in [3.05, 3.63) is 92.0 Å². The Morgan fingerprint density at radius 3 is 2.30 bits per heavy atom. The molecule has 8 nitrogen and oxygen atoms in total. The van der Waals surface area contributed by atoms with Gasteiger partial charge in [0.2, 0.25) is 5.75 Å². The van der Waals surface area contributed by atoms with Gasteiger partial charge in [-0.1, -0.05) is 41.4 Å². The van der Waals surface area contributed by atoms with Crippen LogP contribution in [-0.2, 0) is 22.4 Å². The molecule has 1 heterocycles. The van der Waals surface area contributed by atoms with E-state index in [9.17, 15) is 28.1 Å². The van der Waals surface area contributed by atoms with Crippen molar-refractivity contribution in [2.24, 2.45) is 5.41 Å². The van der Waals surface area contributed by atoms with Gasteiger partial charge in [-0.15, -0.1) is 0 Å². The maximum absolute atomic E-state index is 12.6. The van der Waals surface area contributed by atoms with E-state index in [1.165, 1.54) is 23.3 Å². The zero-order valence-corrected chi connectivity index (χ0v) is 23.1. The van der Waals surface area contributed by atoms with Crippen LogP contribution < -0.4 is 9.47 Å². The largest absolute Gasteiger partial charge is 0.487 e. The van der Waals surface area contributed by atoms with Crippen LogP contribution in [0.3, 0.4) is 0 Å². The molecule has 0 spiro atoms. The van der Waals surface area contributed by atoms with Gasteiger partial charge < -0.3 is 9.47 Å². The van der Waals surface area contributed by atoms with Crippen LogP contribution in [0, 0.1) is 15.5 Å². The van der Waals surface area contributed by atoms with Gasteiger partial charge in [-0.25, -0.2) is 5.06 Å². The molecule has 0 aliphatic carbocycles. The summed E-state index contributed by atoms with van der Waals surface area (Å²) in [4.78, 5) is 27.6. The lowest BCUT2D eigenvalue weighted by Gasteiger charge is -2.16. The number of hydrogen-bond donors (Lipinski definition) is 0. The van der Waals surface area contributed by atoms with Crippen LogP contribution in [-0.4, -0.2) is 29.1 Å². The highest BCUT2D eigenvalue weighted by Crippen LogP contribution is 2.38. The van der Waals surface area contributed by atoms with E-state index in [2.05, 4.69) is 0 Å². The third-order valence-corrected chi connectivity index (χ3v) is 6.24. The highest BCUT2D eigenvalue weighted by Gasteiger charge is 2.40. The normalized spacial score (nSPS) is 14.4. The number of benzene rings is 3. The molecule has 1 aliphatic rings. The Balaban J connectivity index is 0.000000238. The number of hydroxylamine groups is 2. The number of ether oxygens (including phenoxy) is 2. The number of carbonyl (C=O) groups is 1. The van der Waals surface area contributed by atoms with Crippen molar-refractivity contribution in [2.45, 2.75) is 33.5 Å². The molecule has 3 aromatic carbocycles. The maximum Gasteiger partial charge on any atom is 0.416 e. The summed E-state index contributed by atoms with van der Waals surface area (Å²) in [7, 11) is 0. The van der Waals surface area contributed by atoms with E-state index in [-0.39, 0.29) is 40.5 Å². The zero-order valence-electron chi connectivity index (χ0n) is 21.6. The molecular formula is C27H25Cl2F3N2O6. The summed E-state index contributed by atoms with van der Waals surface area (Å²) in [6, 6.07) is 13.9. The second-order valence-electron chi connectivity index (χ2n) is 9.16. The molecule has 3 aromatic rings. The molecule has 0 aromatic heterocycles. The van der Waals surface area contributed by atoms with Crippen LogP contribution >= 0.6 is 23.2 Å². The van der Waals surface area contributed by atoms with Gasteiger partial charge in [-0.2, -0.15) is 13.2 Å². The van der Waals surface area contributed by atoms with Crippen LogP contribution in [0.5, 0.6) is 17.2 Å². The first-order valence-electron chi connectivity index (χ1n) is 11.9. The van der Waals surface area contributed by atoms with Gasteiger partial charge in [0, 0.05) is 17.2 Å². The topological polar surface area (TPSA) is 91.1 Å². The van der Waals surface area contributed by atoms with Gasteiger partial charge in [0.15, 0.2) is 0 Å². The minimum absolute atomic E-state index is 0.00687. The first-order valence-corrected chi connectivity index (χ1v) is 12.6. The summed E-state index contributed by atoms with van der Waals surface area (Å²) in [5.41, 5.74) is -0.683. The summed E-state index contributed by atoms with van der Waals surface area (Å²) in [6.45, 7) is 6.44. The number of amides is 1. The molecule has 214 valence electrons. The second kappa shape index (κ2) is 12.8. The third-order valence-electron chi connectivity index (χ3n) is 5.57. The first kappa shape index (κ1) is 31.0. The van der Waals surface area contributed by atoms with Crippen molar-refractivity contribution in [3.8, 4) is 17.2 Å². The lowest BCUT2D eigenvalue weighted by molar-refractivity contribution is -0.385. The van der Waals surface area contributed by atoms with Gasteiger partial charge in [0.1, 0.15) is 11.5 Å². The molecule has 0 unspecified atom stereocenters. The Morgan fingerprint density at radius 1 is 1.05 bits per heavy atom. The molecule has 0 atom stereocenters. The highest BCUT2D eigenvalue weighted by molar-refractivity contribution is 6.32. The predicted molar refractivity (Wildman–Crippen MR) is 143 cm³/mol. The number of nitro benzene ring substituents is 1. The number of nitrogens with zero attached hydrogens (tertiary/aromatic N) is 2. The smallest absolute Gasteiger partial charge is 0.416 e. The number of rotatable bonds is 7. The maximum atomic E-state index is 12.6. The monoisotopic (exact) mass is 600 g/mol. The standard InChI is InChI=1S/C15H11ClF3NO4.C12H14ClNO2/c1-2-23-14-8-10(4-5-12(14)20(21)22)24-13-6-3-9(7-11(13)16)15(17,18)19;1-12(2)8-16-14(11(12)15)7-9-5-3-4-6-10(9)13/h3-8H,2H2,1H3;3-6H,7-8H2,1-2H3. The Labute approximate surface area is 238 Å². The average molecular weight is 601 g/mol. The van der Waals surface area contributed by atoms with Crippen molar-refractivity contribution < 1.29 is 37.2 Å². The van der Waals surface area contributed by atoms with E-state index in [4.69, 9.17) is 37.5 Å². The van der Waals surface area contributed by atoms with Gasteiger partial charge in [0.05, 0.1) is 40.7 Å². The molecule has 13 heteroatoms.